The topological polar surface area (TPSA) is 15.3 Å². The summed E-state index contributed by atoms with van der Waals surface area (Å²) in [6, 6.07) is 9.38. The predicted octanol–water partition coefficient (Wildman–Crippen LogP) is 2.96. The van der Waals surface area contributed by atoms with Crippen LogP contribution in [0.15, 0.2) is 24.3 Å². The van der Waals surface area contributed by atoms with E-state index in [0.717, 1.165) is 6.54 Å². The molecule has 0 radical (unpaired) electrons. The standard InChI is InChI=1S/C16H26N2/c1-14-6-8-16(9-7-14)12-17-15(2)13-18-10-4-3-5-11-18/h6-9,15,17H,3-5,10-13H2,1-2H3. The van der Waals surface area contributed by atoms with Crippen molar-refractivity contribution in [1.82, 2.24) is 10.2 Å². The number of hydrogen-bond acceptors (Lipinski definition) is 2. The highest BCUT2D eigenvalue weighted by molar-refractivity contribution is 5.21. The fourth-order valence-electron chi connectivity index (χ4n) is 2.59. The van der Waals surface area contributed by atoms with E-state index in [2.05, 4.69) is 48.3 Å². The van der Waals surface area contributed by atoms with Gasteiger partial charge in [-0.15, -0.1) is 0 Å². The lowest BCUT2D eigenvalue weighted by molar-refractivity contribution is 0.209. The van der Waals surface area contributed by atoms with Crippen LogP contribution in [0.1, 0.15) is 37.3 Å². The van der Waals surface area contributed by atoms with Gasteiger partial charge < -0.3 is 10.2 Å². The number of nitrogens with zero attached hydrogens (tertiary/aromatic N) is 1. The van der Waals surface area contributed by atoms with Gasteiger partial charge in [-0.1, -0.05) is 36.2 Å². The first kappa shape index (κ1) is 13.6. The first-order valence-electron chi connectivity index (χ1n) is 7.25. The maximum absolute atomic E-state index is 3.62. The normalized spacial score (nSPS) is 18.8. The van der Waals surface area contributed by atoms with E-state index in [0.29, 0.717) is 6.04 Å². The minimum absolute atomic E-state index is 0.574. The van der Waals surface area contributed by atoms with Crippen molar-refractivity contribution in [3.8, 4) is 0 Å². The summed E-state index contributed by atoms with van der Waals surface area (Å²) in [5.74, 6) is 0. The summed E-state index contributed by atoms with van der Waals surface area (Å²) in [4.78, 5) is 2.59. The van der Waals surface area contributed by atoms with Gasteiger partial charge in [-0.25, -0.2) is 0 Å². The molecule has 1 unspecified atom stereocenters. The van der Waals surface area contributed by atoms with Crippen LogP contribution in [0.5, 0.6) is 0 Å². The van der Waals surface area contributed by atoms with E-state index in [9.17, 15) is 0 Å². The number of rotatable bonds is 5. The van der Waals surface area contributed by atoms with Crippen molar-refractivity contribution < 1.29 is 0 Å². The second-order valence-electron chi connectivity index (χ2n) is 5.63. The Morgan fingerprint density at radius 2 is 1.78 bits per heavy atom. The zero-order chi connectivity index (χ0) is 12.8. The maximum atomic E-state index is 3.62. The molecule has 0 spiro atoms. The molecule has 1 aliphatic heterocycles. The highest BCUT2D eigenvalue weighted by atomic mass is 15.1. The average molecular weight is 246 g/mol. The molecule has 100 valence electrons. The highest BCUT2D eigenvalue weighted by Crippen LogP contribution is 2.09. The molecule has 0 aliphatic carbocycles. The molecule has 1 aromatic rings. The molecule has 2 nitrogen and oxygen atoms in total. The third kappa shape index (κ3) is 4.43. The minimum Gasteiger partial charge on any atom is -0.309 e. The average Bonchev–Trinajstić information content (AvgIpc) is 2.39. The largest absolute Gasteiger partial charge is 0.309 e. The van der Waals surface area contributed by atoms with E-state index in [1.807, 2.05) is 0 Å². The lowest BCUT2D eigenvalue weighted by Gasteiger charge is -2.29. The smallest absolute Gasteiger partial charge is 0.0208 e. The number of benzene rings is 1. The molecule has 2 rings (SSSR count). The Balaban J connectivity index is 1.70. The van der Waals surface area contributed by atoms with Crippen LogP contribution in [0.2, 0.25) is 0 Å². The first-order chi connectivity index (χ1) is 8.74. The van der Waals surface area contributed by atoms with E-state index in [4.69, 9.17) is 0 Å². The van der Waals surface area contributed by atoms with Gasteiger partial charge in [0.1, 0.15) is 0 Å². The van der Waals surface area contributed by atoms with Gasteiger partial charge in [0.25, 0.3) is 0 Å². The molecular weight excluding hydrogens is 220 g/mol. The van der Waals surface area contributed by atoms with Gasteiger partial charge >= 0.3 is 0 Å². The first-order valence-corrected chi connectivity index (χ1v) is 7.25. The van der Waals surface area contributed by atoms with Crippen molar-refractivity contribution in [2.75, 3.05) is 19.6 Å². The summed E-state index contributed by atoms with van der Waals surface area (Å²) in [6.07, 6.45) is 4.18. The van der Waals surface area contributed by atoms with Crippen LogP contribution >= 0.6 is 0 Å². The predicted molar refractivity (Wildman–Crippen MR) is 77.8 cm³/mol. The zero-order valence-electron chi connectivity index (χ0n) is 11.8. The molecule has 1 fully saturated rings. The molecule has 1 N–H and O–H groups in total. The van der Waals surface area contributed by atoms with E-state index in [-0.39, 0.29) is 0 Å². The molecule has 1 atom stereocenters. The Hall–Kier alpha value is -0.860. The molecule has 1 aromatic carbocycles. The second kappa shape index (κ2) is 6.91. The fourth-order valence-corrected chi connectivity index (χ4v) is 2.59. The quantitative estimate of drug-likeness (QED) is 0.859. The van der Waals surface area contributed by atoms with E-state index < -0.39 is 0 Å². The zero-order valence-corrected chi connectivity index (χ0v) is 11.8. The third-order valence-corrected chi connectivity index (χ3v) is 3.76. The number of hydrogen-bond donors (Lipinski definition) is 1. The highest BCUT2D eigenvalue weighted by Gasteiger charge is 2.12. The van der Waals surface area contributed by atoms with Gasteiger partial charge in [-0.3, -0.25) is 0 Å². The third-order valence-electron chi connectivity index (χ3n) is 3.76. The van der Waals surface area contributed by atoms with E-state index in [1.54, 1.807) is 0 Å². The summed E-state index contributed by atoms with van der Waals surface area (Å²) in [6.45, 7) is 9.17. The van der Waals surface area contributed by atoms with Crippen molar-refractivity contribution in [1.29, 1.82) is 0 Å². The maximum Gasteiger partial charge on any atom is 0.0208 e. The Kier molecular flexibility index (Phi) is 5.21. The van der Waals surface area contributed by atoms with Crippen LogP contribution in [0.4, 0.5) is 0 Å². The van der Waals surface area contributed by atoms with Crippen LogP contribution in [-0.4, -0.2) is 30.6 Å². The SMILES string of the molecule is Cc1ccc(CNC(C)CN2CCCCC2)cc1. The molecule has 0 bridgehead atoms. The van der Waals surface area contributed by atoms with Crippen molar-refractivity contribution in [2.24, 2.45) is 0 Å². The fraction of sp³-hybridized carbons (Fsp3) is 0.625. The molecule has 2 heteroatoms. The molecule has 18 heavy (non-hydrogen) atoms. The number of piperidine rings is 1. The van der Waals surface area contributed by atoms with Crippen LogP contribution < -0.4 is 5.32 Å². The summed E-state index contributed by atoms with van der Waals surface area (Å²) in [5.41, 5.74) is 2.71. The van der Waals surface area contributed by atoms with Gasteiger partial charge in [0, 0.05) is 19.1 Å². The number of nitrogens with one attached hydrogen (secondary N) is 1. The molecule has 1 heterocycles. The Labute approximate surface area is 111 Å². The Morgan fingerprint density at radius 3 is 2.44 bits per heavy atom. The van der Waals surface area contributed by atoms with Crippen LogP contribution in [0.25, 0.3) is 0 Å². The van der Waals surface area contributed by atoms with Crippen molar-refractivity contribution in [3.63, 3.8) is 0 Å². The van der Waals surface area contributed by atoms with Gasteiger partial charge in [0.15, 0.2) is 0 Å². The molecule has 1 saturated heterocycles. The van der Waals surface area contributed by atoms with Gasteiger partial charge in [0.2, 0.25) is 0 Å². The molecular formula is C16H26N2. The van der Waals surface area contributed by atoms with Crippen LogP contribution in [0, 0.1) is 6.92 Å². The lowest BCUT2D eigenvalue weighted by atomic mass is 10.1. The van der Waals surface area contributed by atoms with E-state index in [1.165, 1.54) is 50.0 Å². The summed E-state index contributed by atoms with van der Waals surface area (Å²) < 4.78 is 0. The molecule has 0 aromatic heterocycles. The van der Waals surface area contributed by atoms with Crippen LogP contribution in [-0.2, 0) is 6.54 Å². The van der Waals surface area contributed by atoms with Gasteiger partial charge in [-0.05, 0) is 45.3 Å². The minimum atomic E-state index is 0.574. The molecule has 0 saturated carbocycles. The monoisotopic (exact) mass is 246 g/mol. The van der Waals surface area contributed by atoms with Gasteiger partial charge in [0.05, 0.1) is 0 Å². The number of aryl methyl sites for hydroxylation is 1. The van der Waals surface area contributed by atoms with Crippen molar-refractivity contribution >= 4 is 0 Å². The van der Waals surface area contributed by atoms with Gasteiger partial charge in [-0.2, -0.15) is 0 Å². The second-order valence-corrected chi connectivity index (χ2v) is 5.63. The Bertz CT molecular complexity index is 339. The van der Waals surface area contributed by atoms with Crippen molar-refractivity contribution in [3.05, 3.63) is 35.4 Å². The van der Waals surface area contributed by atoms with Crippen LogP contribution in [0.3, 0.4) is 0 Å². The summed E-state index contributed by atoms with van der Waals surface area (Å²) in [5, 5.41) is 3.62. The lowest BCUT2D eigenvalue weighted by Crippen LogP contribution is -2.41. The summed E-state index contributed by atoms with van der Waals surface area (Å²) >= 11 is 0. The Morgan fingerprint density at radius 1 is 1.11 bits per heavy atom. The van der Waals surface area contributed by atoms with E-state index >= 15 is 0 Å². The number of likely N-dealkylation sites (tertiary alicyclic amines) is 1. The molecule has 0 amide bonds. The summed E-state index contributed by atoms with van der Waals surface area (Å²) in [7, 11) is 0. The molecule has 1 aliphatic rings. The van der Waals surface area contributed by atoms with Crippen molar-refractivity contribution in [2.45, 2.75) is 45.7 Å².